The molecule has 0 unspecified atom stereocenters. The fraction of sp³-hybridized carbons (Fsp3) is 0.429. The van der Waals surface area contributed by atoms with Gasteiger partial charge in [0.15, 0.2) is 0 Å². The third-order valence-electron chi connectivity index (χ3n) is 2.48. The summed E-state index contributed by atoms with van der Waals surface area (Å²) in [6.07, 6.45) is 0.310. The minimum Gasteiger partial charge on any atom is -0.395 e. The number of aliphatic hydroxyl groups is 1. The van der Waals surface area contributed by atoms with Crippen molar-refractivity contribution in [1.82, 2.24) is 4.72 Å². The molecular weight excluding hydrogens is 278 g/mol. The van der Waals surface area contributed by atoms with Crippen LogP contribution >= 0.6 is 0 Å². The van der Waals surface area contributed by atoms with Crippen LogP contribution in [0.1, 0.15) is 17.5 Å². The zero-order chi connectivity index (χ0) is 15.0. The van der Waals surface area contributed by atoms with Crippen LogP contribution in [-0.4, -0.2) is 40.4 Å². The van der Waals surface area contributed by atoms with Crippen molar-refractivity contribution in [3.05, 3.63) is 29.3 Å². The summed E-state index contributed by atoms with van der Waals surface area (Å²) >= 11 is 0. The molecule has 1 rings (SSSR count). The second kappa shape index (κ2) is 8.02. The molecule has 0 fully saturated rings. The largest absolute Gasteiger partial charge is 0.395 e. The Morgan fingerprint density at radius 1 is 1.40 bits per heavy atom. The summed E-state index contributed by atoms with van der Waals surface area (Å²) in [6.45, 7) is 2.33. The van der Waals surface area contributed by atoms with E-state index in [1.807, 2.05) is 6.92 Å². The first-order valence-corrected chi connectivity index (χ1v) is 7.68. The lowest BCUT2D eigenvalue weighted by Gasteiger charge is -2.09. The molecule has 20 heavy (non-hydrogen) atoms. The van der Waals surface area contributed by atoms with Gasteiger partial charge >= 0.3 is 0 Å². The smallest absolute Gasteiger partial charge is 0.241 e. The maximum absolute atomic E-state index is 12.2. The van der Waals surface area contributed by atoms with Crippen LogP contribution in [0, 0.1) is 18.8 Å². The van der Waals surface area contributed by atoms with Gasteiger partial charge in [0, 0.05) is 25.6 Å². The average Bonchev–Trinajstić information content (AvgIpc) is 2.39. The van der Waals surface area contributed by atoms with Crippen LogP contribution in [-0.2, 0) is 14.8 Å². The molecule has 0 amide bonds. The van der Waals surface area contributed by atoms with Gasteiger partial charge in [-0.1, -0.05) is 17.9 Å². The second-order valence-corrected chi connectivity index (χ2v) is 5.90. The van der Waals surface area contributed by atoms with Crippen LogP contribution in [0.2, 0.25) is 0 Å². The molecule has 110 valence electrons. The number of hydrogen-bond acceptors (Lipinski definition) is 4. The highest BCUT2D eigenvalue weighted by atomic mass is 32.2. The molecule has 0 saturated carbocycles. The van der Waals surface area contributed by atoms with Crippen LogP contribution in [0.5, 0.6) is 0 Å². The third kappa shape index (κ3) is 4.94. The highest BCUT2D eigenvalue weighted by Gasteiger charge is 2.17. The van der Waals surface area contributed by atoms with Crippen LogP contribution in [0.25, 0.3) is 0 Å². The third-order valence-corrected chi connectivity index (χ3v) is 4.00. The van der Waals surface area contributed by atoms with Crippen molar-refractivity contribution in [2.75, 3.05) is 26.9 Å². The number of nitrogens with one attached hydrogen (secondary N) is 1. The van der Waals surface area contributed by atoms with Gasteiger partial charge < -0.3 is 9.84 Å². The molecule has 0 atom stereocenters. The van der Waals surface area contributed by atoms with E-state index < -0.39 is 10.0 Å². The molecular formula is C14H19NO4S. The van der Waals surface area contributed by atoms with Crippen LogP contribution < -0.4 is 4.72 Å². The van der Waals surface area contributed by atoms with Crippen LogP contribution in [0.3, 0.4) is 0 Å². The summed E-state index contributed by atoms with van der Waals surface area (Å²) < 4.78 is 31.7. The van der Waals surface area contributed by atoms with Gasteiger partial charge in [0.05, 0.1) is 18.1 Å². The lowest BCUT2D eigenvalue weighted by Crippen LogP contribution is -2.27. The Kier molecular flexibility index (Phi) is 6.68. The van der Waals surface area contributed by atoms with Gasteiger partial charge in [0.1, 0.15) is 0 Å². The summed E-state index contributed by atoms with van der Waals surface area (Å²) in [5, 5.41) is 8.72. The maximum atomic E-state index is 12.2. The maximum Gasteiger partial charge on any atom is 0.241 e. The van der Waals surface area contributed by atoms with Gasteiger partial charge in [0.25, 0.3) is 0 Å². The molecule has 0 aromatic heterocycles. The van der Waals surface area contributed by atoms with Crippen LogP contribution in [0.4, 0.5) is 0 Å². The summed E-state index contributed by atoms with van der Waals surface area (Å²) in [6, 6.07) is 4.98. The van der Waals surface area contributed by atoms with E-state index >= 15 is 0 Å². The van der Waals surface area contributed by atoms with Crippen molar-refractivity contribution in [2.45, 2.75) is 18.2 Å². The molecule has 0 aliphatic heterocycles. The lowest BCUT2D eigenvalue weighted by molar-refractivity contribution is 0.204. The average molecular weight is 297 g/mol. The van der Waals surface area contributed by atoms with Crippen molar-refractivity contribution >= 4 is 10.0 Å². The highest BCUT2D eigenvalue weighted by molar-refractivity contribution is 7.89. The van der Waals surface area contributed by atoms with Gasteiger partial charge in [-0.15, -0.1) is 0 Å². The van der Waals surface area contributed by atoms with E-state index in [1.54, 1.807) is 12.1 Å². The van der Waals surface area contributed by atoms with Gasteiger partial charge in [-0.3, -0.25) is 0 Å². The molecule has 2 N–H and O–H groups in total. The van der Waals surface area contributed by atoms with Crippen molar-refractivity contribution in [1.29, 1.82) is 0 Å². The van der Waals surface area contributed by atoms with E-state index in [9.17, 15) is 8.42 Å². The quantitative estimate of drug-likeness (QED) is 0.597. The van der Waals surface area contributed by atoms with E-state index in [0.717, 1.165) is 5.56 Å². The normalized spacial score (nSPS) is 10.9. The number of aryl methyl sites for hydroxylation is 1. The van der Waals surface area contributed by atoms with E-state index in [-0.39, 0.29) is 18.0 Å². The van der Waals surface area contributed by atoms with Gasteiger partial charge in [-0.25, -0.2) is 13.1 Å². The number of rotatable bonds is 6. The van der Waals surface area contributed by atoms with Crippen molar-refractivity contribution in [2.24, 2.45) is 0 Å². The minimum absolute atomic E-state index is 0.0486. The Bertz CT molecular complexity index is 599. The Labute approximate surface area is 120 Å². The Morgan fingerprint density at radius 2 is 2.15 bits per heavy atom. The molecule has 0 radical (unpaired) electrons. The Hall–Kier alpha value is -1.39. The Balaban J connectivity index is 3.08. The van der Waals surface area contributed by atoms with Crippen molar-refractivity contribution in [3.63, 3.8) is 0 Å². The Morgan fingerprint density at radius 3 is 2.80 bits per heavy atom. The summed E-state index contributed by atoms with van der Waals surface area (Å²) in [5.41, 5.74) is 1.36. The fourth-order valence-corrected chi connectivity index (χ4v) is 2.70. The fourth-order valence-electron chi connectivity index (χ4n) is 1.55. The zero-order valence-corrected chi connectivity index (χ0v) is 12.5. The predicted molar refractivity (Wildman–Crippen MR) is 76.8 cm³/mol. The number of benzene rings is 1. The van der Waals surface area contributed by atoms with Gasteiger partial charge in [0.2, 0.25) is 10.0 Å². The van der Waals surface area contributed by atoms with Crippen LogP contribution in [0.15, 0.2) is 23.1 Å². The standard InChI is InChI=1S/C14H19NO4S/c1-12-6-7-14(13(11-12)5-3-4-9-16)20(17,18)15-8-10-19-2/h6-7,11,15-16H,4,8-10H2,1-2H3. The van der Waals surface area contributed by atoms with Gasteiger partial charge in [-0.05, 0) is 24.6 Å². The first-order valence-electron chi connectivity index (χ1n) is 6.20. The van der Waals surface area contributed by atoms with Crippen molar-refractivity contribution < 1.29 is 18.3 Å². The molecule has 0 bridgehead atoms. The summed E-state index contributed by atoms with van der Waals surface area (Å²) in [4.78, 5) is 0.143. The summed E-state index contributed by atoms with van der Waals surface area (Å²) in [5.74, 6) is 5.53. The molecule has 5 nitrogen and oxygen atoms in total. The lowest BCUT2D eigenvalue weighted by atomic mass is 10.1. The van der Waals surface area contributed by atoms with E-state index in [4.69, 9.17) is 9.84 Å². The van der Waals surface area contributed by atoms with E-state index in [2.05, 4.69) is 16.6 Å². The number of ether oxygens (including phenoxy) is 1. The first kappa shape index (κ1) is 16.7. The zero-order valence-electron chi connectivity index (χ0n) is 11.6. The SMILES string of the molecule is COCCNS(=O)(=O)c1ccc(C)cc1C#CCCO. The minimum atomic E-state index is -3.61. The number of sulfonamides is 1. The second-order valence-electron chi connectivity index (χ2n) is 4.17. The molecule has 0 aliphatic carbocycles. The van der Waals surface area contributed by atoms with E-state index in [0.29, 0.717) is 18.6 Å². The molecule has 1 aromatic rings. The highest BCUT2D eigenvalue weighted by Crippen LogP contribution is 2.16. The van der Waals surface area contributed by atoms with Gasteiger partial charge in [-0.2, -0.15) is 0 Å². The molecule has 0 saturated heterocycles. The summed E-state index contributed by atoms with van der Waals surface area (Å²) in [7, 11) is -2.11. The van der Waals surface area contributed by atoms with Crippen molar-refractivity contribution in [3.8, 4) is 11.8 Å². The molecule has 1 aromatic carbocycles. The van der Waals surface area contributed by atoms with E-state index in [1.165, 1.54) is 13.2 Å². The monoisotopic (exact) mass is 297 g/mol. The molecule has 0 heterocycles. The number of methoxy groups -OCH3 is 1. The molecule has 6 heteroatoms. The predicted octanol–water partition coefficient (Wildman–Crippen LogP) is 0.654. The first-order chi connectivity index (χ1) is 9.51. The topological polar surface area (TPSA) is 75.6 Å². The molecule has 0 aliphatic rings. The molecule has 0 spiro atoms. The number of aliphatic hydroxyl groups excluding tert-OH is 1. The number of hydrogen-bond donors (Lipinski definition) is 2.